The van der Waals surface area contributed by atoms with Crippen molar-refractivity contribution in [3.63, 3.8) is 0 Å². The van der Waals surface area contributed by atoms with Crippen molar-refractivity contribution in [3.8, 4) is 11.5 Å². The molecule has 0 bridgehead atoms. The number of aromatic amines is 2. The Balaban J connectivity index is 1.27. The highest BCUT2D eigenvalue weighted by atomic mass is 15.2. The number of rotatable bonds is 5. The summed E-state index contributed by atoms with van der Waals surface area (Å²) in [6, 6.07) is 23.4. The number of nitrogens with zero attached hydrogens (tertiary/aromatic N) is 5. The van der Waals surface area contributed by atoms with Crippen LogP contribution in [-0.4, -0.2) is 65.3 Å². The number of aromatic nitrogens is 4. The van der Waals surface area contributed by atoms with Crippen LogP contribution in [0.25, 0.3) is 33.5 Å². The standard InChI is InChI=1S/C27H29N7/c1-32-12-14-34(15-13-32)21-9-11-23-25(17-21)29-27(28-23)26-22-10-8-20(16-24(22)30-31-26)33(2)18-19-6-4-3-5-7-19/h3-11,16-17H,12-15,18H2,1-2H3,(H,28,29)(H,30,31). The third-order valence-corrected chi connectivity index (χ3v) is 6.81. The third-order valence-electron chi connectivity index (χ3n) is 6.81. The quantitative estimate of drug-likeness (QED) is 0.412. The Bertz CT molecular complexity index is 1430. The Labute approximate surface area is 199 Å². The van der Waals surface area contributed by atoms with Gasteiger partial charge >= 0.3 is 0 Å². The second-order valence-corrected chi connectivity index (χ2v) is 9.22. The van der Waals surface area contributed by atoms with Crippen molar-refractivity contribution < 1.29 is 0 Å². The number of nitrogens with one attached hydrogen (secondary N) is 2. The number of hydrogen-bond acceptors (Lipinski definition) is 5. The molecule has 1 aliphatic rings. The summed E-state index contributed by atoms with van der Waals surface area (Å²) in [5.74, 6) is 0.794. The van der Waals surface area contributed by atoms with Crippen LogP contribution < -0.4 is 9.80 Å². The molecule has 0 saturated carbocycles. The lowest BCUT2D eigenvalue weighted by Gasteiger charge is -2.34. The first-order valence-electron chi connectivity index (χ1n) is 11.8. The van der Waals surface area contributed by atoms with E-state index in [-0.39, 0.29) is 0 Å². The second-order valence-electron chi connectivity index (χ2n) is 9.22. The minimum absolute atomic E-state index is 0.794. The third kappa shape index (κ3) is 3.88. The zero-order valence-electron chi connectivity index (χ0n) is 19.6. The van der Waals surface area contributed by atoms with Crippen LogP contribution in [0.1, 0.15) is 5.56 Å². The van der Waals surface area contributed by atoms with Crippen LogP contribution in [0.5, 0.6) is 0 Å². The molecule has 0 amide bonds. The Morgan fingerprint density at radius 3 is 2.56 bits per heavy atom. The fraction of sp³-hybridized carbons (Fsp3) is 0.259. The first-order valence-corrected chi connectivity index (χ1v) is 11.8. The van der Waals surface area contributed by atoms with E-state index in [1.165, 1.54) is 11.3 Å². The zero-order valence-corrected chi connectivity index (χ0v) is 19.6. The molecule has 0 spiro atoms. The average Bonchev–Trinajstić information content (AvgIpc) is 3.48. The second kappa shape index (κ2) is 8.50. The first-order chi connectivity index (χ1) is 16.6. The van der Waals surface area contributed by atoms with Crippen LogP contribution in [-0.2, 0) is 6.54 Å². The number of likely N-dealkylation sites (N-methyl/N-ethyl adjacent to an activating group) is 1. The van der Waals surface area contributed by atoms with E-state index in [1.54, 1.807) is 0 Å². The van der Waals surface area contributed by atoms with Gasteiger partial charge in [0.1, 0.15) is 5.69 Å². The summed E-state index contributed by atoms with van der Waals surface area (Å²) < 4.78 is 0. The lowest BCUT2D eigenvalue weighted by molar-refractivity contribution is 0.313. The first kappa shape index (κ1) is 20.7. The Morgan fingerprint density at radius 2 is 1.74 bits per heavy atom. The van der Waals surface area contributed by atoms with Crippen molar-refractivity contribution >= 4 is 33.3 Å². The van der Waals surface area contributed by atoms with Gasteiger partial charge in [0.25, 0.3) is 0 Å². The Hall–Kier alpha value is -3.84. The van der Waals surface area contributed by atoms with Crippen LogP contribution in [0.2, 0.25) is 0 Å². The van der Waals surface area contributed by atoms with Gasteiger partial charge in [-0.1, -0.05) is 30.3 Å². The van der Waals surface area contributed by atoms with Gasteiger partial charge < -0.3 is 19.7 Å². The van der Waals surface area contributed by atoms with E-state index in [1.807, 2.05) is 6.07 Å². The smallest absolute Gasteiger partial charge is 0.159 e. The molecule has 6 rings (SSSR count). The van der Waals surface area contributed by atoms with Gasteiger partial charge in [-0.05, 0) is 49.0 Å². The molecule has 0 atom stereocenters. The molecular weight excluding hydrogens is 422 g/mol. The van der Waals surface area contributed by atoms with Crippen molar-refractivity contribution in [1.82, 2.24) is 25.1 Å². The topological polar surface area (TPSA) is 67.1 Å². The number of piperazine rings is 1. The number of imidazole rings is 1. The molecule has 3 heterocycles. The summed E-state index contributed by atoms with van der Waals surface area (Å²) in [4.78, 5) is 15.4. The van der Waals surface area contributed by atoms with Gasteiger partial charge in [-0.15, -0.1) is 0 Å². The lowest BCUT2D eigenvalue weighted by Crippen LogP contribution is -2.44. The number of fused-ring (bicyclic) bond motifs is 2. The summed E-state index contributed by atoms with van der Waals surface area (Å²) in [6.45, 7) is 5.14. The summed E-state index contributed by atoms with van der Waals surface area (Å²) in [7, 11) is 4.29. The number of benzene rings is 3. The summed E-state index contributed by atoms with van der Waals surface area (Å²) >= 11 is 0. The van der Waals surface area contributed by atoms with Crippen molar-refractivity contribution in [3.05, 3.63) is 72.3 Å². The van der Waals surface area contributed by atoms with E-state index in [2.05, 4.69) is 105 Å². The molecule has 1 saturated heterocycles. The van der Waals surface area contributed by atoms with Crippen LogP contribution in [0.3, 0.4) is 0 Å². The maximum absolute atomic E-state index is 4.84. The SMILES string of the molecule is CN1CCN(c2ccc3nc(-c4n[nH]c5cc(N(C)Cc6ccccc6)ccc45)[nH]c3c2)CC1. The van der Waals surface area contributed by atoms with E-state index in [4.69, 9.17) is 4.98 Å². The predicted molar refractivity (Wildman–Crippen MR) is 139 cm³/mol. The summed E-state index contributed by atoms with van der Waals surface area (Å²) in [5, 5.41) is 8.89. The highest BCUT2D eigenvalue weighted by Gasteiger charge is 2.17. The highest BCUT2D eigenvalue weighted by Crippen LogP contribution is 2.30. The molecule has 7 heteroatoms. The molecule has 5 aromatic rings. The minimum Gasteiger partial charge on any atom is -0.370 e. The molecule has 172 valence electrons. The normalized spacial score (nSPS) is 14.8. The largest absolute Gasteiger partial charge is 0.370 e. The molecule has 3 aromatic carbocycles. The molecule has 7 nitrogen and oxygen atoms in total. The number of anilines is 2. The molecule has 0 radical (unpaired) electrons. The van der Waals surface area contributed by atoms with Crippen molar-refractivity contribution in [2.24, 2.45) is 0 Å². The van der Waals surface area contributed by atoms with Crippen molar-refractivity contribution in [1.29, 1.82) is 0 Å². The number of H-pyrrole nitrogens is 2. The van der Waals surface area contributed by atoms with Crippen LogP contribution in [0.4, 0.5) is 11.4 Å². The van der Waals surface area contributed by atoms with Crippen molar-refractivity contribution in [2.75, 3.05) is 50.1 Å². The molecule has 2 aromatic heterocycles. The van der Waals surface area contributed by atoms with Crippen LogP contribution in [0.15, 0.2) is 66.7 Å². The maximum atomic E-state index is 4.84. The minimum atomic E-state index is 0.794. The number of hydrogen-bond donors (Lipinski definition) is 2. The fourth-order valence-electron chi connectivity index (χ4n) is 4.75. The summed E-state index contributed by atoms with van der Waals surface area (Å²) in [6.07, 6.45) is 0. The van der Waals surface area contributed by atoms with Gasteiger partial charge in [-0.25, -0.2) is 4.98 Å². The van der Waals surface area contributed by atoms with Crippen LogP contribution in [0, 0.1) is 0 Å². The lowest BCUT2D eigenvalue weighted by atomic mass is 10.1. The maximum Gasteiger partial charge on any atom is 0.159 e. The molecule has 34 heavy (non-hydrogen) atoms. The van der Waals surface area contributed by atoms with Gasteiger partial charge in [0.15, 0.2) is 5.82 Å². The van der Waals surface area contributed by atoms with E-state index < -0.39 is 0 Å². The van der Waals surface area contributed by atoms with E-state index >= 15 is 0 Å². The fourth-order valence-corrected chi connectivity index (χ4v) is 4.75. The van der Waals surface area contributed by atoms with E-state index in [9.17, 15) is 0 Å². The van der Waals surface area contributed by atoms with Crippen molar-refractivity contribution in [2.45, 2.75) is 6.54 Å². The average molecular weight is 452 g/mol. The van der Waals surface area contributed by atoms with Gasteiger partial charge in [0.05, 0.1) is 16.6 Å². The van der Waals surface area contributed by atoms with E-state index in [0.29, 0.717) is 0 Å². The molecule has 0 unspecified atom stereocenters. The molecular formula is C27H29N7. The molecule has 1 aliphatic heterocycles. The van der Waals surface area contributed by atoms with Crippen LogP contribution >= 0.6 is 0 Å². The summed E-state index contributed by atoms with van der Waals surface area (Å²) in [5.41, 5.74) is 7.54. The molecule has 2 N–H and O–H groups in total. The van der Waals surface area contributed by atoms with Gasteiger partial charge in [-0.2, -0.15) is 5.10 Å². The Morgan fingerprint density at radius 1 is 0.912 bits per heavy atom. The molecule has 1 fully saturated rings. The van der Waals surface area contributed by atoms with Gasteiger partial charge in [0, 0.05) is 56.5 Å². The van der Waals surface area contributed by atoms with Gasteiger partial charge in [0.2, 0.25) is 0 Å². The zero-order chi connectivity index (χ0) is 23.1. The Kier molecular flexibility index (Phi) is 5.19. The predicted octanol–water partition coefficient (Wildman–Crippen LogP) is 4.49. The monoisotopic (exact) mass is 451 g/mol. The van der Waals surface area contributed by atoms with Gasteiger partial charge in [-0.3, -0.25) is 5.10 Å². The molecule has 0 aliphatic carbocycles. The van der Waals surface area contributed by atoms with E-state index in [0.717, 1.165) is 71.9 Å². The highest BCUT2D eigenvalue weighted by molar-refractivity contribution is 5.95.